The number of fused-ring (bicyclic) bond motifs is 1. The second-order valence-corrected chi connectivity index (χ2v) is 8.18. The smallest absolute Gasteiger partial charge is 0.217 e. The van der Waals surface area contributed by atoms with Crippen LogP contribution in [0.25, 0.3) is 0 Å². The third-order valence-electron chi connectivity index (χ3n) is 6.10. The molecule has 6 heteroatoms. The molecule has 2 aliphatic carbocycles. The van der Waals surface area contributed by atoms with Crippen molar-refractivity contribution in [2.24, 2.45) is 10.9 Å². The number of hydrogen-bond donors (Lipinski definition) is 1. The minimum absolute atomic E-state index is 0.0187. The van der Waals surface area contributed by atoms with Crippen molar-refractivity contribution in [2.75, 3.05) is 0 Å². The number of hydrogen-bond acceptors (Lipinski definition) is 4. The number of carbonyl (C=O) groups excluding carboxylic acids is 2. The summed E-state index contributed by atoms with van der Waals surface area (Å²) in [5.41, 5.74) is 1.70. The van der Waals surface area contributed by atoms with Gasteiger partial charge >= 0.3 is 0 Å². The van der Waals surface area contributed by atoms with Crippen LogP contribution in [0, 0.1) is 5.92 Å². The fourth-order valence-corrected chi connectivity index (χ4v) is 4.87. The molecule has 140 valence electrons. The molecular formula is C20H28N4O2. The van der Waals surface area contributed by atoms with Crippen LogP contribution in [0.5, 0.6) is 0 Å². The summed E-state index contributed by atoms with van der Waals surface area (Å²) < 4.78 is 1.95. The Hall–Kier alpha value is -1.98. The van der Waals surface area contributed by atoms with Gasteiger partial charge in [-0.3, -0.25) is 9.59 Å². The number of carbonyl (C=O) groups is 2. The van der Waals surface area contributed by atoms with E-state index in [0.717, 1.165) is 43.6 Å². The van der Waals surface area contributed by atoms with Gasteiger partial charge in [0.25, 0.3) is 0 Å². The van der Waals surface area contributed by atoms with Gasteiger partial charge in [-0.2, -0.15) is 5.10 Å². The zero-order chi connectivity index (χ0) is 18.1. The van der Waals surface area contributed by atoms with Crippen LogP contribution in [0.1, 0.15) is 87.5 Å². The molecule has 26 heavy (non-hydrogen) atoms. The Balaban J connectivity index is 1.55. The number of ketones is 1. The topological polar surface area (TPSA) is 76.3 Å². The monoisotopic (exact) mass is 356 g/mol. The van der Waals surface area contributed by atoms with Crippen molar-refractivity contribution in [1.29, 1.82) is 0 Å². The summed E-state index contributed by atoms with van der Waals surface area (Å²) in [6.45, 7) is 1.57. The Bertz CT molecular complexity index is 730. The van der Waals surface area contributed by atoms with E-state index < -0.39 is 0 Å². The van der Waals surface area contributed by atoms with Crippen molar-refractivity contribution in [3.05, 3.63) is 11.8 Å². The van der Waals surface area contributed by atoms with E-state index in [2.05, 4.69) is 10.4 Å². The first-order valence-electron chi connectivity index (χ1n) is 10.0. The first-order valence-corrected chi connectivity index (χ1v) is 10.0. The number of nitrogens with zero attached hydrogens (tertiary/aromatic N) is 3. The van der Waals surface area contributed by atoms with Gasteiger partial charge in [0.05, 0.1) is 17.8 Å². The lowest BCUT2D eigenvalue weighted by Crippen LogP contribution is -2.37. The van der Waals surface area contributed by atoms with E-state index >= 15 is 0 Å². The van der Waals surface area contributed by atoms with Crippen molar-refractivity contribution in [3.8, 4) is 0 Å². The number of amides is 1. The molecule has 6 nitrogen and oxygen atoms in total. The number of Topliss-reactive ketones (excluding diaryl/α,β-unsaturated/α-hetero) is 1. The van der Waals surface area contributed by atoms with Crippen LogP contribution in [0.3, 0.4) is 0 Å². The molecule has 0 spiro atoms. The highest BCUT2D eigenvalue weighted by molar-refractivity contribution is 6.15. The maximum Gasteiger partial charge on any atom is 0.217 e. The van der Waals surface area contributed by atoms with Gasteiger partial charge in [0.1, 0.15) is 0 Å². The number of aromatic nitrogens is 2. The van der Waals surface area contributed by atoms with Gasteiger partial charge in [0.15, 0.2) is 11.6 Å². The highest BCUT2D eigenvalue weighted by Crippen LogP contribution is 2.37. The Morgan fingerprint density at radius 2 is 2.04 bits per heavy atom. The van der Waals surface area contributed by atoms with Crippen LogP contribution >= 0.6 is 0 Å². The summed E-state index contributed by atoms with van der Waals surface area (Å²) in [6.07, 6.45) is 12.2. The van der Waals surface area contributed by atoms with Gasteiger partial charge in [-0.05, 0) is 38.0 Å². The van der Waals surface area contributed by atoms with Gasteiger partial charge in [-0.15, -0.1) is 0 Å². The van der Waals surface area contributed by atoms with Gasteiger partial charge in [-0.25, -0.2) is 9.67 Å². The zero-order valence-corrected chi connectivity index (χ0v) is 15.5. The average molecular weight is 356 g/mol. The van der Waals surface area contributed by atoms with Crippen LogP contribution in [0.15, 0.2) is 11.2 Å². The Morgan fingerprint density at radius 3 is 2.81 bits per heavy atom. The van der Waals surface area contributed by atoms with Crippen molar-refractivity contribution in [2.45, 2.75) is 83.2 Å². The minimum atomic E-state index is 0.0187. The summed E-state index contributed by atoms with van der Waals surface area (Å²) in [5.74, 6) is 1.62. The molecular weight excluding hydrogens is 328 g/mol. The molecule has 0 radical (unpaired) electrons. The van der Waals surface area contributed by atoms with E-state index in [-0.39, 0.29) is 23.8 Å². The molecule has 1 N–H and O–H groups in total. The fraction of sp³-hybridized carbons (Fsp3) is 0.700. The largest absolute Gasteiger partial charge is 0.354 e. The van der Waals surface area contributed by atoms with Gasteiger partial charge < -0.3 is 5.32 Å². The summed E-state index contributed by atoms with van der Waals surface area (Å²) in [6, 6.07) is 0.388. The van der Waals surface area contributed by atoms with Gasteiger partial charge in [-0.1, -0.05) is 25.7 Å². The standard InChI is InChI=1S/C20H28N4O2/c1-13(25)22-15-7-4-8-17(10-15)24-20-18(12-21-24)19(26)11-16(23-20)9-14-5-2-3-6-14/h12,14-15,17H,2-11H2,1H3,(H,22,25). The minimum Gasteiger partial charge on any atom is -0.354 e. The molecule has 4 rings (SSSR count). The normalized spacial score (nSPS) is 26.5. The van der Waals surface area contributed by atoms with E-state index in [1.165, 1.54) is 25.7 Å². The first-order chi connectivity index (χ1) is 12.6. The SMILES string of the molecule is CC(=O)NC1CCCC(n2ncc3c2N=C(CC2CCCC2)CC3=O)C1. The van der Waals surface area contributed by atoms with Crippen LogP contribution in [-0.4, -0.2) is 33.2 Å². The average Bonchev–Trinajstić information content (AvgIpc) is 3.24. The molecule has 2 atom stereocenters. The number of aliphatic imine (C=N–C) groups is 1. The van der Waals surface area contributed by atoms with Crippen molar-refractivity contribution in [1.82, 2.24) is 15.1 Å². The van der Waals surface area contributed by atoms with Crippen LogP contribution in [0.2, 0.25) is 0 Å². The molecule has 0 aromatic carbocycles. The van der Waals surface area contributed by atoms with E-state index in [9.17, 15) is 9.59 Å². The number of nitrogens with one attached hydrogen (secondary N) is 1. The molecule has 2 fully saturated rings. The molecule has 0 bridgehead atoms. The zero-order valence-electron chi connectivity index (χ0n) is 15.5. The van der Waals surface area contributed by atoms with Crippen LogP contribution in [-0.2, 0) is 4.79 Å². The molecule has 2 heterocycles. The lowest BCUT2D eigenvalue weighted by molar-refractivity contribution is -0.119. The van der Waals surface area contributed by atoms with E-state index in [0.29, 0.717) is 17.9 Å². The molecule has 3 aliphatic rings. The lowest BCUT2D eigenvalue weighted by Gasteiger charge is -2.30. The predicted molar refractivity (Wildman–Crippen MR) is 100.0 cm³/mol. The molecule has 1 aromatic heterocycles. The van der Waals surface area contributed by atoms with Crippen molar-refractivity contribution >= 4 is 23.2 Å². The highest BCUT2D eigenvalue weighted by Gasteiger charge is 2.31. The molecule has 1 aliphatic heterocycles. The predicted octanol–water partition coefficient (Wildman–Crippen LogP) is 3.74. The Kier molecular flexibility index (Phi) is 4.92. The maximum atomic E-state index is 12.6. The summed E-state index contributed by atoms with van der Waals surface area (Å²) in [4.78, 5) is 28.9. The summed E-state index contributed by atoms with van der Waals surface area (Å²) in [5, 5.41) is 7.56. The Labute approximate surface area is 154 Å². The van der Waals surface area contributed by atoms with E-state index in [1.807, 2.05) is 4.68 Å². The van der Waals surface area contributed by atoms with Crippen molar-refractivity contribution in [3.63, 3.8) is 0 Å². The van der Waals surface area contributed by atoms with E-state index in [1.54, 1.807) is 13.1 Å². The second kappa shape index (κ2) is 7.33. The summed E-state index contributed by atoms with van der Waals surface area (Å²) >= 11 is 0. The molecule has 2 saturated carbocycles. The molecule has 1 aromatic rings. The molecule has 1 amide bonds. The Morgan fingerprint density at radius 1 is 1.23 bits per heavy atom. The molecule has 2 unspecified atom stereocenters. The lowest BCUT2D eigenvalue weighted by atomic mass is 9.90. The fourth-order valence-electron chi connectivity index (χ4n) is 4.87. The summed E-state index contributed by atoms with van der Waals surface area (Å²) in [7, 11) is 0. The van der Waals surface area contributed by atoms with Gasteiger partial charge in [0, 0.05) is 25.1 Å². The van der Waals surface area contributed by atoms with Crippen LogP contribution < -0.4 is 5.32 Å². The van der Waals surface area contributed by atoms with E-state index in [4.69, 9.17) is 4.99 Å². The third kappa shape index (κ3) is 3.60. The first kappa shape index (κ1) is 17.4. The van der Waals surface area contributed by atoms with Crippen molar-refractivity contribution < 1.29 is 9.59 Å². The third-order valence-corrected chi connectivity index (χ3v) is 6.10. The van der Waals surface area contributed by atoms with Crippen LogP contribution in [0.4, 0.5) is 5.82 Å². The number of rotatable bonds is 4. The van der Waals surface area contributed by atoms with Gasteiger partial charge in [0.2, 0.25) is 5.91 Å². The quantitative estimate of drug-likeness (QED) is 0.893. The highest BCUT2D eigenvalue weighted by atomic mass is 16.1. The molecule has 0 saturated heterocycles. The maximum absolute atomic E-state index is 12.6. The second-order valence-electron chi connectivity index (χ2n) is 8.18.